The van der Waals surface area contributed by atoms with Gasteiger partial charge >= 0.3 is 0 Å². The Morgan fingerprint density at radius 2 is 1.80 bits per heavy atom. The van der Waals surface area contributed by atoms with Crippen molar-refractivity contribution in [3.63, 3.8) is 0 Å². The molecule has 0 fully saturated rings. The maximum absolute atomic E-state index is 13.6. The van der Waals surface area contributed by atoms with Crippen molar-refractivity contribution in [1.82, 2.24) is 0 Å². The maximum Gasteiger partial charge on any atom is 0.261 e. The minimum atomic E-state index is -3.81. The van der Waals surface area contributed by atoms with Crippen LogP contribution >= 0.6 is 11.6 Å². The Kier molecular flexibility index (Phi) is 4.30. The number of rotatable bonds is 4. The molecule has 0 saturated heterocycles. The molecule has 0 saturated carbocycles. The van der Waals surface area contributed by atoms with Crippen LogP contribution in [0.25, 0.3) is 0 Å². The molecule has 0 atom stereocenters. The smallest absolute Gasteiger partial charge is 0.261 e. The molecule has 0 aliphatic rings. The number of sulfonamides is 1. The van der Waals surface area contributed by atoms with Gasteiger partial charge in [-0.25, -0.2) is 12.8 Å². The quantitative estimate of drug-likeness (QED) is 0.932. The third-order valence-corrected chi connectivity index (χ3v) is 4.43. The van der Waals surface area contributed by atoms with Crippen LogP contribution in [0.2, 0.25) is 5.02 Å². The van der Waals surface area contributed by atoms with Gasteiger partial charge in [-0.1, -0.05) is 30.7 Å². The average molecular weight is 314 g/mol. The van der Waals surface area contributed by atoms with Crippen LogP contribution in [-0.4, -0.2) is 8.42 Å². The van der Waals surface area contributed by atoms with Gasteiger partial charge < -0.3 is 0 Å². The van der Waals surface area contributed by atoms with Crippen LogP contribution in [0.1, 0.15) is 12.5 Å². The lowest BCUT2D eigenvalue weighted by atomic mass is 10.2. The summed E-state index contributed by atoms with van der Waals surface area (Å²) in [5.41, 5.74) is 0.899. The second-order valence-electron chi connectivity index (χ2n) is 4.23. The molecular formula is C14H13ClFNO2S. The molecule has 1 N–H and O–H groups in total. The molecule has 0 radical (unpaired) electrons. The fraction of sp³-hybridized carbons (Fsp3) is 0.143. The Labute approximate surface area is 122 Å². The first kappa shape index (κ1) is 14.8. The van der Waals surface area contributed by atoms with Crippen LogP contribution in [0, 0.1) is 5.82 Å². The highest BCUT2D eigenvalue weighted by molar-refractivity contribution is 7.92. The Morgan fingerprint density at radius 1 is 1.15 bits per heavy atom. The van der Waals surface area contributed by atoms with E-state index in [9.17, 15) is 12.8 Å². The number of benzene rings is 2. The molecule has 0 amide bonds. The normalized spacial score (nSPS) is 11.3. The molecule has 0 spiro atoms. The van der Waals surface area contributed by atoms with E-state index < -0.39 is 15.8 Å². The van der Waals surface area contributed by atoms with E-state index in [0.29, 0.717) is 0 Å². The van der Waals surface area contributed by atoms with E-state index in [0.717, 1.165) is 18.1 Å². The standard InChI is InChI=1S/C14H13ClFNO2S/c1-2-10-3-6-12(7-4-10)20(18,19)17-14-8-5-11(15)9-13(14)16/h3-9,17H,2H2,1H3. The van der Waals surface area contributed by atoms with E-state index in [-0.39, 0.29) is 15.6 Å². The summed E-state index contributed by atoms with van der Waals surface area (Å²) in [6.07, 6.45) is 0.819. The summed E-state index contributed by atoms with van der Waals surface area (Å²) < 4.78 is 40.1. The van der Waals surface area contributed by atoms with Gasteiger partial charge in [0.05, 0.1) is 10.6 Å². The highest BCUT2D eigenvalue weighted by Gasteiger charge is 2.16. The fourth-order valence-corrected chi connectivity index (χ4v) is 2.91. The topological polar surface area (TPSA) is 46.2 Å². The Bertz CT molecular complexity index is 714. The zero-order valence-corrected chi connectivity index (χ0v) is 12.3. The van der Waals surface area contributed by atoms with Gasteiger partial charge in [0.1, 0.15) is 5.82 Å². The van der Waals surface area contributed by atoms with E-state index in [1.54, 1.807) is 12.1 Å². The van der Waals surface area contributed by atoms with Crippen molar-refractivity contribution in [2.45, 2.75) is 18.2 Å². The highest BCUT2D eigenvalue weighted by Crippen LogP contribution is 2.22. The SMILES string of the molecule is CCc1ccc(S(=O)(=O)Nc2ccc(Cl)cc2F)cc1. The van der Waals surface area contributed by atoms with Crippen LogP contribution in [-0.2, 0) is 16.4 Å². The van der Waals surface area contributed by atoms with E-state index >= 15 is 0 Å². The van der Waals surface area contributed by atoms with Gasteiger partial charge in [-0.2, -0.15) is 0 Å². The molecule has 106 valence electrons. The van der Waals surface area contributed by atoms with E-state index in [1.807, 2.05) is 6.92 Å². The Morgan fingerprint density at radius 3 is 2.35 bits per heavy atom. The van der Waals surface area contributed by atoms with E-state index in [4.69, 9.17) is 11.6 Å². The zero-order chi connectivity index (χ0) is 14.8. The largest absolute Gasteiger partial charge is 0.277 e. The van der Waals surface area contributed by atoms with Gasteiger partial charge in [-0.15, -0.1) is 0 Å². The Hall–Kier alpha value is -1.59. The third kappa shape index (κ3) is 3.29. The summed E-state index contributed by atoms with van der Waals surface area (Å²) in [6, 6.07) is 10.2. The highest BCUT2D eigenvalue weighted by atomic mass is 35.5. The van der Waals surface area contributed by atoms with Gasteiger partial charge in [0.2, 0.25) is 0 Å². The lowest BCUT2D eigenvalue weighted by molar-refractivity contribution is 0.598. The molecule has 0 aromatic heterocycles. The van der Waals surface area contributed by atoms with Gasteiger partial charge in [-0.05, 0) is 42.3 Å². The minimum absolute atomic E-state index is 0.0871. The van der Waals surface area contributed by atoms with Crippen LogP contribution in [0.4, 0.5) is 10.1 Å². The van der Waals surface area contributed by atoms with Gasteiger partial charge in [-0.3, -0.25) is 4.72 Å². The molecule has 2 aromatic carbocycles. The Balaban J connectivity index is 2.30. The predicted octanol–water partition coefficient (Wildman–Crippen LogP) is 3.84. The summed E-state index contributed by atoms with van der Waals surface area (Å²) in [7, 11) is -3.81. The van der Waals surface area contributed by atoms with Gasteiger partial charge in [0, 0.05) is 5.02 Å². The monoisotopic (exact) mass is 313 g/mol. The molecule has 2 aromatic rings. The van der Waals surface area contributed by atoms with Crippen molar-refractivity contribution in [3.8, 4) is 0 Å². The van der Waals surface area contributed by atoms with Crippen molar-refractivity contribution >= 4 is 27.3 Å². The molecule has 20 heavy (non-hydrogen) atoms. The second-order valence-corrected chi connectivity index (χ2v) is 6.35. The van der Waals surface area contributed by atoms with Crippen LogP contribution in [0.15, 0.2) is 47.4 Å². The molecule has 0 heterocycles. The summed E-state index contributed by atoms with van der Waals surface area (Å²) in [4.78, 5) is 0.0871. The molecule has 0 unspecified atom stereocenters. The molecule has 0 aliphatic heterocycles. The lowest BCUT2D eigenvalue weighted by Crippen LogP contribution is -2.14. The summed E-state index contributed by atoms with van der Waals surface area (Å²) in [5.74, 6) is -0.716. The average Bonchev–Trinajstić information content (AvgIpc) is 2.42. The fourth-order valence-electron chi connectivity index (χ4n) is 1.68. The molecule has 3 nitrogen and oxygen atoms in total. The second kappa shape index (κ2) is 5.81. The maximum atomic E-state index is 13.6. The van der Waals surface area contributed by atoms with E-state index in [2.05, 4.69) is 4.72 Å². The molecule has 6 heteroatoms. The number of halogens is 2. The molecule has 0 aliphatic carbocycles. The van der Waals surface area contributed by atoms with Crippen LogP contribution in [0.5, 0.6) is 0 Å². The van der Waals surface area contributed by atoms with Crippen molar-refractivity contribution in [1.29, 1.82) is 0 Å². The van der Waals surface area contributed by atoms with Gasteiger partial charge in [0.15, 0.2) is 0 Å². The number of aryl methyl sites for hydroxylation is 1. The first-order chi connectivity index (χ1) is 9.42. The van der Waals surface area contributed by atoms with Crippen LogP contribution in [0.3, 0.4) is 0 Å². The zero-order valence-electron chi connectivity index (χ0n) is 10.7. The summed E-state index contributed by atoms with van der Waals surface area (Å²) >= 11 is 5.62. The van der Waals surface area contributed by atoms with Crippen molar-refractivity contribution < 1.29 is 12.8 Å². The summed E-state index contributed by atoms with van der Waals surface area (Å²) in [5, 5.41) is 0.206. The first-order valence-electron chi connectivity index (χ1n) is 5.99. The number of nitrogens with one attached hydrogen (secondary N) is 1. The molecule has 2 rings (SSSR count). The predicted molar refractivity (Wildman–Crippen MR) is 78.0 cm³/mol. The summed E-state index contributed by atoms with van der Waals surface area (Å²) in [6.45, 7) is 1.98. The number of hydrogen-bond acceptors (Lipinski definition) is 2. The molecule has 0 bridgehead atoms. The minimum Gasteiger partial charge on any atom is -0.277 e. The van der Waals surface area contributed by atoms with Crippen LogP contribution < -0.4 is 4.72 Å². The van der Waals surface area contributed by atoms with Crippen molar-refractivity contribution in [3.05, 3.63) is 58.9 Å². The first-order valence-corrected chi connectivity index (χ1v) is 7.85. The molecular weight excluding hydrogens is 301 g/mol. The number of anilines is 1. The van der Waals surface area contributed by atoms with Gasteiger partial charge in [0.25, 0.3) is 10.0 Å². The van der Waals surface area contributed by atoms with Crippen molar-refractivity contribution in [2.24, 2.45) is 0 Å². The van der Waals surface area contributed by atoms with Crippen molar-refractivity contribution in [2.75, 3.05) is 4.72 Å². The lowest BCUT2D eigenvalue weighted by Gasteiger charge is -2.09. The van der Waals surface area contributed by atoms with E-state index in [1.165, 1.54) is 24.3 Å². The number of hydrogen-bond donors (Lipinski definition) is 1. The third-order valence-electron chi connectivity index (χ3n) is 2.82.